The Balaban J connectivity index is 4.07. The van der Waals surface area contributed by atoms with E-state index in [2.05, 4.69) is 135 Å². The molecule has 232 valence electrons. The Morgan fingerprint density at radius 1 is 0.500 bits per heavy atom. The van der Waals surface area contributed by atoms with Gasteiger partial charge >= 0.3 is 5.97 Å². The van der Waals surface area contributed by atoms with Crippen molar-refractivity contribution >= 4 is 39.2 Å². The summed E-state index contributed by atoms with van der Waals surface area (Å²) in [6.45, 7) is 44.0. The molecule has 0 aromatic heterocycles. The lowest BCUT2D eigenvalue weighted by Crippen LogP contribution is -2.47. The van der Waals surface area contributed by atoms with Crippen molar-refractivity contribution < 1.29 is 22.5 Å². The maximum atomic E-state index is 13.8. The Morgan fingerprint density at radius 3 is 1.05 bits per heavy atom. The summed E-state index contributed by atoms with van der Waals surface area (Å²) >= 11 is 0. The molecule has 40 heavy (non-hydrogen) atoms. The molecule has 0 bridgehead atoms. The highest BCUT2D eigenvalue weighted by atomic mass is 28.4. The summed E-state index contributed by atoms with van der Waals surface area (Å²) in [7, 11) is -9.26. The van der Waals surface area contributed by atoms with Crippen molar-refractivity contribution in [2.75, 3.05) is 0 Å². The topological polar surface area (TPSA) is 54.0 Å². The predicted molar refractivity (Wildman–Crippen MR) is 183 cm³/mol. The van der Waals surface area contributed by atoms with Gasteiger partial charge in [0.25, 0.3) is 33.3 Å². The van der Waals surface area contributed by atoms with Crippen LogP contribution in [-0.2, 0) is 4.43 Å². The zero-order valence-electron chi connectivity index (χ0n) is 29.7. The molecule has 0 unspecified atom stereocenters. The molecule has 0 N–H and O–H groups in total. The van der Waals surface area contributed by atoms with E-state index in [9.17, 15) is 4.79 Å². The van der Waals surface area contributed by atoms with E-state index in [4.69, 9.17) is 17.7 Å². The van der Waals surface area contributed by atoms with Gasteiger partial charge in [0.1, 0.15) is 11.5 Å². The standard InChI is InChI=1S/C31H62O5Si4/c1-28(2,3)37(13,14)33-24-21-23(27(32)36-40(19,20)31(10,11)12)22-25(34-38(15,16)29(4,5)6)26(24)35-39(17,18)30(7,8)9/h21-22H,1-20H3. The second-order valence-electron chi connectivity index (χ2n) is 17.5. The van der Waals surface area contributed by atoms with Crippen LogP contribution in [-0.4, -0.2) is 39.2 Å². The van der Waals surface area contributed by atoms with Gasteiger partial charge in [-0.05, 0) is 84.7 Å². The highest BCUT2D eigenvalue weighted by Gasteiger charge is 2.46. The fourth-order valence-corrected chi connectivity index (χ4v) is 6.58. The number of carbonyl (C=O) groups excluding carboxylic acids is 1. The second-order valence-corrected chi connectivity index (χ2v) is 36.4. The van der Waals surface area contributed by atoms with E-state index < -0.39 is 33.3 Å². The molecule has 1 aromatic carbocycles. The number of carbonyl (C=O) groups is 1. The number of benzene rings is 1. The van der Waals surface area contributed by atoms with E-state index in [0.29, 0.717) is 22.8 Å². The van der Waals surface area contributed by atoms with Crippen molar-refractivity contribution in [3.63, 3.8) is 0 Å². The lowest BCUT2D eigenvalue weighted by molar-refractivity contribution is 0.0712. The average molecular weight is 627 g/mol. The molecule has 0 fully saturated rings. The average Bonchev–Trinajstić information content (AvgIpc) is 2.65. The molecule has 9 heteroatoms. The maximum absolute atomic E-state index is 13.8. The summed E-state index contributed by atoms with van der Waals surface area (Å²) in [4.78, 5) is 13.8. The Labute approximate surface area is 251 Å². The van der Waals surface area contributed by atoms with Crippen LogP contribution >= 0.6 is 0 Å². The molecule has 0 saturated heterocycles. The molecule has 0 heterocycles. The van der Waals surface area contributed by atoms with Gasteiger partial charge in [0, 0.05) is 0 Å². The molecule has 0 radical (unpaired) electrons. The van der Waals surface area contributed by atoms with Crippen LogP contribution in [0.25, 0.3) is 0 Å². The molecular formula is C31H62O5Si4. The third-order valence-corrected chi connectivity index (χ3v) is 27.2. The summed E-state index contributed by atoms with van der Waals surface area (Å²) in [5.74, 6) is 1.49. The van der Waals surface area contributed by atoms with Gasteiger partial charge in [-0.1, -0.05) is 83.1 Å². The highest BCUT2D eigenvalue weighted by molar-refractivity contribution is 6.76. The molecule has 0 saturated carbocycles. The zero-order valence-corrected chi connectivity index (χ0v) is 33.7. The van der Waals surface area contributed by atoms with Crippen LogP contribution in [0.2, 0.25) is 72.5 Å². The van der Waals surface area contributed by atoms with Gasteiger partial charge in [0.2, 0.25) is 0 Å². The SMILES string of the molecule is CC(C)(C)[Si](C)(C)OC(=O)c1cc(O[Si](C)(C)C(C)(C)C)c(O[Si](C)(C)C(C)(C)C)c(O[Si](C)(C)C(C)(C)C)c1. The third-order valence-electron chi connectivity index (χ3n) is 9.92. The van der Waals surface area contributed by atoms with Crippen LogP contribution in [0.4, 0.5) is 0 Å². The fourth-order valence-electron chi connectivity index (χ4n) is 2.65. The van der Waals surface area contributed by atoms with Crippen LogP contribution in [0.3, 0.4) is 0 Å². The molecule has 0 spiro atoms. The molecule has 0 amide bonds. The lowest BCUT2D eigenvalue weighted by Gasteiger charge is -2.42. The highest BCUT2D eigenvalue weighted by Crippen LogP contribution is 2.50. The number of hydrogen-bond donors (Lipinski definition) is 0. The summed E-state index contributed by atoms with van der Waals surface area (Å²) in [5.41, 5.74) is 0.454. The van der Waals surface area contributed by atoms with Crippen molar-refractivity contribution in [2.45, 2.75) is 156 Å². The van der Waals surface area contributed by atoms with Crippen LogP contribution in [0.1, 0.15) is 93.4 Å². The van der Waals surface area contributed by atoms with Crippen LogP contribution in [0.15, 0.2) is 12.1 Å². The van der Waals surface area contributed by atoms with E-state index in [1.807, 2.05) is 12.1 Å². The summed E-state index contributed by atoms with van der Waals surface area (Å²) < 4.78 is 27.2. The van der Waals surface area contributed by atoms with Gasteiger partial charge in [0.05, 0.1) is 5.56 Å². The maximum Gasteiger partial charge on any atom is 0.325 e. The van der Waals surface area contributed by atoms with Crippen molar-refractivity contribution in [1.82, 2.24) is 0 Å². The van der Waals surface area contributed by atoms with E-state index >= 15 is 0 Å². The van der Waals surface area contributed by atoms with E-state index in [0.717, 1.165) is 0 Å². The Kier molecular flexibility index (Phi) is 10.4. The predicted octanol–water partition coefficient (Wildman–Crippen LogP) is 11.0. The zero-order chi connectivity index (χ0) is 32.1. The first-order valence-corrected chi connectivity index (χ1v) is 26.4. The molecule has 0 aliphatic heterocycles. The largest absolute Gasteiger partial charge is 0.541 e. The lowest BCUT2D eigenvalue weighted by atomic mass is 10.2. The van der Waals surface area contributed by atoms with Crippen LogP contribution in [0, 0.1) is 0 Å². The van der Waals surface area contributed by atoms with Gasteiger partial charge in [-0.15, -0.1) is 0 Å². The Hall–Kier alpha value is -1.04. The van der Waals surface area contributed by atoms with Gasteiger partial charge in [0.15, 0.2) is 5.75 Å². The van der Waals surface area contributed by atoms with Crippen molar-refractivity contribution in [2.24, 2.45) is 0 Å². The normalized spacial score (nSPS) is 14.6. The van der Waals surface area contributed by atoms with Crippen molar-refractivity contribution in [1.29, 1.82) is 0 Å². The summed E-state index contributed by atoms with van der Waals surface area (Å²) in [6.07, 6.45) is 0. The fraction of sp³-hybridized carbons (Fsp3) is 0.774. The minimum Gasteiger partial charge on any atom is -0.541 e. The quantitative estimate of drug-likeness (QED) is 0.269. The Morgan fingerprint density at radius 2 is 0.775 bits per heavy atom. The minimum absolute atomic E-state index is 0.0323. The van der Waals surface area contributed by atoms with Gasteiger partial charge in [-0.3, -0.25) is 0 Å². The summed E-state index contributed by atoms with van der Waals surface area (Å²) in [5, 5.41) is -0.219. The smallest absolute Gasteiger partial charge is 0.325 e. The molecule has 0 atom stereocenters. The summed E-state index contributed by atoms with van der Waals surface area (Å²) in [6, 6.07) is 3.69. The van der Waals surface area contributed by atoms with Crippen LogP contribution in [0.5, 0.6) is 17.2 Å². The first-order chi connectivity index (χ1) is 17.3. The van der Waals surface area contributed by atoms with Gasteiger partial charge < -0.3 is 17.7 Å². The number of hydrogen-bond acceptors (Lipinski definition) is 5. The number of rotatable bonds is 8. The van der Waals surface area contributed by atoms with Gasteiger partial charge in [-0.2, -0.15) is 0 Å². The minimum atomic E-state index is -2.35. The molecule has 1 rings (SSSR count). The molecule has 0 aliphatic carbocycles. The van der Waals surface area contributed by atoms with Crippen LogP contribution < -0.4 is 13.3 Å². The molecule has 0 aliphatic rings. The molecule has 1 aromatic rings. The monoisotopic (exact) mass is 626 g/mol. The second kappa shape index (κ2) is 11.2. The third kappa shape index (κ3) is 8.50. The molecule has 5 nitrogen and oxygen atoms in total. The first-order valence-electron chi connectivity index (χ1n) is 14.7. The Bertz CT molecular complexity index is 1010. The van der Waals surface area contributed by atoms with E-state index in [-0.39, 0.29) is 26.1 Å². The van der Waals surface area contributed by atoms with Crippen molar-refractivity contribution in [3.8, 4) is 17.2 Å². The first kappa shape index (κ1) is 37.0. The van der Waals surface area contributed by atoms with Gasteiger partial charge in [-0.25, -0.2) is 4.79 Å². The molecular weight excluding hydrogens is 565 g/mol. The van der Waals surface area contributed by atoms with E-state index in [1.54, 1.807) is 0 Å². The van der Waals surface area contributed by atoms with E-state index in [1.165, 1.54) is 0 Å². The van der Waals surface area contributed by atoms with Crippen molar-refractivity contribution in [3.05, 3.63) is 17.7 Å².